The quantitative estimate of drug-likeness (QED) is 0.888. The number of aromatic nitrogens is 2. The fourth-order valence-corrected chi connectivity index (χ4v) is 1.52. The van der Waals surface area contributed by atoms with Crippen LogP contribution in [0, 0.1) is 0 Å². The average molecular weight is 246 g/mol. The summed E-state index contributed by atoms with van der Waals surface area (Å²) in [5.41, 5.74) is 0.528. The second-order valence-electron chi connectivity index (χ2n) is 3.73. The van der Waals surface area contributed by atoms with Crippen molar-refractivity contribution in [2.45, 2.75) is 20.1 Å². The summed E-state index contributed by atoms with van der Waals surface area (Å²) in [6, 6.07) is 6.85. The third-order valence-electron chi connectivity index (χ3n) is 2.54. The normalized spacial score (nSPS) is 10.3. The van der Waals surface area contributed by atoms with Crippen LogP contribution in [0.5, 0.6) is 11.6 Å². The van der Waals surface area contributed by atoms with Gasteiger partial charge in [0.25, 0.3) is 5.88 Å². The van der Waals surface area contributed by atoms with Gasteiger partial charge in [-0.25, -0.2) is 4.98 Å². The maximum absolute atomic E-state index is 11.9. The molecule has 0 atom stereocenters. The molecule has 0 aliphatic heterocycles. The predicted molar refractivity (Wildman–Crippen MR) is 66.6 cm³/mol. The van der Waals surface area contributed by atoms with E-state index < -0.39 is 0 Å². The van der Waals surface area contributed by atoms with E-state index in [0.717, 1.165) is 5.56 Å². The molecule has 1 N–H and O–H groups in total. The van der Waals surface area contributed by atoms with Crippen molar-refractivity contribution in [1.82, 2.24) is 9.55 Å². The third-order valence-corrected chi connectivity index (χ3v) is 2.54. The highest BCUT2D eigenvalue weighted by Crippen LogP contribution is 2.16. The molecule has 5 nitrogen and oxygen atoms in total. The minimum Gasteiger partial charge on any atom is -0.435 e. The Bertz CT molecular complexity index is 576. The topological polar surface area (TPSA) is 64.3 Å². The van der Waals surface area contributed by atoms with E-state index in [9.17, 15) is 4.79 Å². The maximum Gasteiger partial charge on any atom is 0.313 e. The number of rotatable bonds is 4. The van der Waals surface area contributed by atoms with Gasteiger partial charge in [-0.1, -0.05) is 12.1 Å². The average Bonchev–Trinajstić information content (AvgIpc) is 2.42. The number of hydrogen-bond donors (Lipinski definition) is 1. The molecule has 2 rings (SSSR count). The molecule has 1 aromatic heterocycles. The van der Waals surface area contributed by atoms with Crippen LogP contribution >= 0.6 is 0 Å². The van der Waals surface area contributed by atoms with Crippen LogP contribution < -0.4 is 10.3 Å². The van der Waals surface area contributed by atoms with Crippen LogP contribution in [0.2, 0.25) is 0 Å². The molecule has 0 spiro atoms. The number of benzene rings is 1. The Kier molecular flexibility index (Phi) is 3.74. The van der Waals surface area contributed by atoms with E-state index >= 15 is 0 Å². The lowest BCUT2D eigenvalue weighted by molar-refractivity contribution is 0.281. The number of hydrogen-bond acceptors (Lipinski definition) is 4. The maximum atomic E-state index is 11.9. The van der Waals surface area contributed by atoms with E-state index in [1.807, 2.05) is 6.92 Å². The van der Waals surface area contributed by atoms with Crippen molar-refractivity contribution in [1.29, 1.82) is 0 Å². The SMILES string of the molecule is CCn1ccnc(Oc2ccc(CO)cc2)c1=O. The standard InChI is InChI=1S/C13H14N2O3/c1-2-15-8-7-14-12(13(15)17)18-11-5-3-10(9-16)4-6-11/h3-8,16H,2,9H2,1H3. The summed E-state index contributed by atoms with van der Waals surface area (Å²) in [7, 11) is 0. The Morgan fingerprint density at radius 3 is 2.67 bits per heavy atom. The summed E-state index contributed by atoms with van der Waals surface area (Å²) in [5, 5.41) is 8.92. The molecule has 0 saturated carbocycles. The van der Waals surface area contributed by atoms with E-state index in [1.54, 1.807) is 30.5 Å². The van der Waals surface area contributed by atoms with Crippen LogP contribution in [0.3, 0.4) is 0 Å². The molecule has 0 saturated heterocycles. The number of ether oxygens (including phenoxy) is 1. The second-order valence-corrected chi connectivity index (χ2v) is 3.73. The molecule has 0 radical (unpaired) electrons. The molecule has 0 aliphatic rings. The zero-order valence-corrected chi connectivity index (χ0v) is 10.0. The second kappa shape index (κ2) is 5.46. The number of aliphatic hydroxyl groups is 1. The Hall–Kier alpha value is -2.14. The van der Waals surface area contributed by atoms with Crippen molar-refractivity contribution in [2.75, 3.05) is 0 Å². The van der Waals surface area contributed by atoms with Crippen LogP contribution in [-0.2, 0) is 13.2 Å². The summed E-state index contributed by atoms with van der Waals surface area (Å²) < 4.78 is 6.94. The van der Waals surface area contributed by atoms with E-state index in [0.29, 0.717) is 12.3 Å². The molecule has 1 aromatic carbocycles. The lowest BCUT2D eigenvalue weighted by atomic mass is 10.2. The highest BCUT2D eigenvalue weighted by Gasteiger charge is 2.06. The smallest absolute Gasteiger partial charge is 0.313 e. The van der Waals surface area contributed by atoms with Crippen LogP contribution in [0.15, 0.2) is 41.5 Å². The first kappa shape index (κ1) is 12.3. The molecule has 0 fully saturated rings. The van der Waals surface area contributed by atoms with Gasteiger partial charge in [0, 0.05) is 18.9 Å². The Morgan fingerprint density at radius 2 is 2.06 bits per heavy atom. The van der Waals surface area contributed by atoms with Crippen LogP contribution in [-0.4, -0.2) is 14.7 Å². The summed E-state index contributed by atoms with van der Waals surface area (Å²) >= 11 is 0. The highest BCUT2D eigenvalue weighted by molar-refractivity contribution is 5.29. The fraction of sp³-hybridized carbons (Fsp3) is 0.231. The van der Waals surface area contributed by atoms with Gasteiger partial charge in [-0.05, 0) is 24.6 Å². The minimum absolute atomic E-state index is 0.0213. The summed E-state index contributed by atoms with van der Waals surface area (Å²) in [6.07, 6.45) is 3.15. The zero-order valence-electron chi connectivity index (χ0n) is 10.0. The first-order valence-corrected chi connectivity index (χ1v) is 5.67. The van der Waals surface area contributed by atoms with Gasteiger partial charge < -0.3 is 14.4 Å². The van der Waals surface area contributed by atoms with Gasteiger partial charge in [0.05, 0.1) is 6.61 Å². The van der Waals surface area contributed by atoms with Crippen LogP contribution in [0.1, 0.15) is 12.5 Å². The van der Waals surface area contributed by atoms with Gasteiger partial charge in [-0.3, -0.25) is 4.79 Å². The van der Waals surface area contributed by atoms with Crippen molar-refractivity contribution in [2.24, 2.45) is 0 Å². The monoisotopic (exact) mass is 246 g/mol. The molecular formula is C13H14N2O3. The number of aliphatic hydroxyl groups excluding tert-OH is 1. The predicted octanol–water partition coefficient (Wildman–Crippen LogP) is 1.55. The van der Waals surface area contributed by atoms with Crippen molar-refractivity contribution in [3.63, 3.8) is 0 Å². The largest absolute Gasteiger partial charge is 0.435 e. The van der Waals surface area contributed by atoms with Crippen LogP contribution in [0.4, 0.5) is 0 Å². The van der Waals surface area contributed by atoms with Crippen molar-refractivity contribution in [3.05, 3.63) is 52.6 Å². The molecule has 1 heterocycles. The van der Waals surface area contributed by atoms with Gasteiger partial charge >= 0.3 is 5.56 Å². The summed E-state index contributed by atoms with van der Waals surface area (Å²) in [5.74, 6) is 0.571. The van der Waals surface area contributed by atoms with Crippen LogP contribution in [0.25, 0.3) is 0 Å². The molecule has 0 amide bonds. The molecule has 2 aromatic rings. The third kappa shape index (κ3) is 2.57. The molecular weight excluding hydrogens is 232 g/mol. The lowest BCUT2D eigenvalue weighted by Crippen LogP contribution is -2.20. The molecule has 5 heteroatoms. The van der Waals surface area contributed by atoms with Gasteiger partial charge in [0.15, 0.2) is 0 Å². The lowest BCUT2D eigenvalue weighted by Gasteiger charge is -2.06. The molecule has 0 aliphatic carbocycles. The van der Waals surface area contributed by atoms with Crippen molar-refractivity contribution < 1.29 is 9.84 Å². The van der Waals surface area contributed by atoms with Gasteiger partial charge in [-0.15, -0.1) is 0 Å². The molecule has 0 unspecified atom stereocenters. The van der Waals surface area contributed by atoms with E-state index in [-0.39, 0.29) is 18.0 Å². The zero-order chi connectivity index (χ0) is 13.0. The first-order chi connectivity index (χ1) is 8.74. The van der Waals surface area contributed by atoms with Crippen molar-refractivity contribution in [3.8, 4) is 11.6 Å². The number of nitrogens with zero attached hydrogens (tertiary/aromatic N) is 2. The van der Waals surface area contributed by atoms with Gasteiger partial charge in [-0.2, -0.15) is 0 Å². The molecule has 18 heavy (non-hydrogen) atoms. The highest BCUT2D eigenvalue weighted by atomic mass is 16.5. The Labute approximate surface area is 104 Å². The minimum atomic E-state index is -0.258. The summed E-state index contributed by atoms with van der Waals surface area (Å²) in [6.45, 7) is 2.43. The Morgan fingerprint density at radius 1 is 1.33 bits per heavy atom. The van der Waals surface area contributed by atoms with E-state index in [1.165, 1.54) is 10.8 Å². The van der Waals surface area contributed by atoms with Gasteiger partial charge in [0.2, 0.25) is 0 Å². The van der Waals surface area contributed by atoms with Crippen molar-refractivity contribution >= 4 is 0 Å². The van der Waals surface area contributed by atoms with E-state index in [2.05, 4.69) is 4.98 Å². The molecule has 94 valence electrons. The Balaban J connectivity index is 2.25. The van der Waals surface area contributed by atoms with Gasteiger partial charge in [0.1, 0.15) is 5.75 Å². The number of aryl methyl sites for hydroxylation is 1. The first-order valence-electron chi connectivity index (χ1n) is 5.67. The van der Waals surface area contributed by atoms with E-state index in [4.69, 9.17) is 9.84 Å². The fourth-order valence-electron chi connectivity index (χ4n) is 1.52. The molecule has 0 bridgehead atoms. The summed E-state index contributed by atoms with van der Waals surface area (Å²) in [4.78, 5) is 15.8.